The summed E-state index contributed by atoms with van der Waals surface area (Å²) in [6.45, 7) is 3.32. The van der Waals surface area contributed by atoms with E-state index in [4.69, 9.17) is 4.74 Å². The smallest absolute Gasteiger partial charge is 0.459 e. The van der Waals surface area contributed by atoms with Gasteiger partial charge in [0.1, 0.15) is 5.56 Å². The van der Waals surface area contributed by atoms with Crippen LogP contribution in [0.25, 0.3) is 0 Å². The fraction of sp³-hybridized carbons (Fsp3) is 0.364. The molecule has 1 aliphatic rings. The van der Waals surface area contributed by atoms with Crippen molar-refractivity contribution in [3.63, 3.8) is 0 Å². The Morgan fingerprint density at radius 1 is 1.35 bits per heavy atom. The number of para-hydroxylation sites is 1. The molecule has 0 bridgehead atoms. The third-order valence-electron chi connectivity index (χ3n) is 1.99. The van der Waals surface area contributed by atoms with Crippen LogP contribution in [0.2, 0.25) is 0 Å². The van der Waals surface area contributed by atoms with Gasteiger partial charge in [-0.2, -0.15) is 0 Å². The molecule has 0 unspecified atom stereocenters. The van der Waals surface area contributed by atoms with Crippen molar-refractivity contribution < 1.29 is 27.8 Å². The minimum absolute atomic E-state index is 0.0756. The van der Waals surface area contributed by atoms with Crippen LogP contribution in [0.3, 0.4) is 0 Å². The lowest BCUT2D eigenvalue weighted by Crippen LogP contribution is -2.26. The molecule has 0 amide bonds. The van der Waals surface area contributed by atoms with Crippen LogP contribution < -0.4 is 9.47 Å². The number of hydrogen-bond donors (Lipinski definition) is 0. The first-order valence-corrected chi connectivity index (χ1v) is 4.99. The number of hydrogen-bond acceptors (Lipinski definition) is 4. The average Bonchev–Trinajstić information content (AvgIpc) is 2.49. The van der Waals surface area contributed by atoms with Gasteiger partial charge < -0.3 is 14.2 Å². The Bertz CT molecular complexity index is 457. The van der Waals surface area contributed by atoms with Gasteiger partial charge in [-0.05, 0) is 26.0 Å². The normalized spacial score (nSPS) is 16.1. The Hall–Kier alpha value is -1.85. The van der Waals surface area contributed by atoms with E-state index in [2.05, 4.69) is 9.47 Å². The zero-order chi connectivity index (χ0) is 12.6. The van der Waals surface area contributed by atoms with Crippen LogP contribution in [0, 0.1) is 0 Å². The fourth-order valence-corrected chi connectivity index (χ4v) is 1.41. The van der Waals surface area contributed by atoms with Crippen molar-refractivity contribution in [1.29, 1.82) is 0 Å². The predicted molar refractivity (Wildman–Crippen MR) is 53.2 cm³/mol. The second-order valence-corrected chi connectivity index (χ2v) is 3.75. The lowest BCUT2D eigenvalue weighted by atomic mass is 10.2. The maximum atomic E-state index is 12.8. The Morgan fingerprint density at radius 2 is 2.06 bits per heavy atom. The van der Waals surface area contributed by atoms with E-state index in [9.17, 15) is 13.6 Å². The van der Waals surface area contributed by atoms with Crippen molar-refractivity contribution >= 4 is 5.97 Å². The minimum atomic E-state index is -3.74. The molecule has 1 aromatic carbocycles. The molecule has 0 saturated heterocycles. The Kier molecular flexibility index (Phi) is 2.65. The van der Waals surface area contributed by atoms with Crippen LogP contribution >= 0.6 is 0 Å². The first kappa shape index (κ1) is 11.6. The van der Waals surface area contributed by atoms with E-state index in [1.807, 2.05) is 0 Å². The molecule has 0 atom stereocenters. The van der Waals surface area contributed by atoms with E-state index in [0.717, 1.165) is 0 Å². The molecule has 92 valence electrons. The van der Waals surface area contributed by atoms with Crippen LogP contribution in [0.4, 0.5) is 8.78 Å². The molecule has 4 nitrogen and oxygen atoms in total. The van der Waals surface area contributed by atoms with Crippen molar-refractivity contribution in [3.8, 4) is 11.5 Å². The predicted octanol–water partition coefficient (Wildman–Crippen LogP) is 2.57. The SMILES string of the molecule is CC(C)OC(=O)c1cccc2c1OC(F)(F)O2. The van der Waals surface area contributed by atoms with Crippen LogP contribution in [-0.4, -0.2) is 18.4 Å². The largest absolute Gasteiger partial charge is 0.586 e. The maximum absolute atomic E-state index is 12.8. The van der Waals surface area contributed by atoms with Crippen molar-refractivity contribution in [2.24, 2.45) is 0 Å². The van der Waals surface area contributed by atoms with E-state index in [-0.39, 0.29) is 23.2 Å². The minimum Gasteiger partial charge on any atom is -0.459 e. The van der Waals surface area contributed by atoms with Crippen molar-refractivity contribution in [2.45, 2.75) is 26.2 Å². The lowest BCUT2D eigenvalue weighted by molar-refractivity contribution is -0.286. The molecular weight excluding hydrogens is 234 g/mol. The van der Waals surface area contributed by atoms with Gasteiger partial charge in [-0.15, -0.1) is 8.78 Å². The van der Waals surface area contributed by atoms with Gasteiger partial charge in [-0.25, -0.2) is 4.79 Å². The summed E-state index contributed by atoms with van der Waals surface area (Å²) in [5.74, 6) is -1.19. The summed E-state index contributed by atoms with van der Waals surface area (Å²) in [7, 11) is 0. The molecule has 6 heteroatoms. The molecule has 1 aromatic rings. The van der Waals surface area contributed by atoms with E-state index in [1.54, 1.807) is 13.8 Å². The lowest BCUT2D eigenvalue weighted by Gasteiger charge is -2.09. The molecule has 0 saturated carbocycles. The number of fused-ring (bicyclic) bond motifs is 1. The molecule has 0 fully saturated rings. The summed E-state index contributed by atoms with van der Waals surface area (Å²) in [6.07, 6.45) is -4.09. The summed E-state index contributed by atoms with van der Waals surface area (Å²) in [5, 5.41) is 0. The van der Waals surface area contributed by atoms with Gasteiger partial charge in [0.25, 0.3) is 0 Å². The number of halogens is 2. The third-order valence-corrected chi connectivity index (χ3v) is 1.99. The number of benzene rings is 1. The Balaban J connectivity index is 2.33. The number of carbonyl (C=O) groups is 1. The average molecular weight is 244 g/mol. The summed E-state index contributed by atoms with van der Waals surface area (Å²) in [4.78, 5) is 11.6. The first-order valence-electron chi connectivity index (χ1n) is 4.99. The van der Waals surface area contributed by atoms with E-state index >= 15 is 0 Å². The second kappa shape index (κ2) is 3.87. The number of rotatable bonds is 2. The quantitative estimate of drug-likeness (QED) is 0.750. The van der Waals surface area contributed by atoms with Gasteiger partial charge in [0, 0.05) is 0 Å². The Labute approximate surface area is 96.1 Å². The third kappa shape index (κ3) is 2.30. The van der Waals surface area contributed by atoms with Gasteiger partial charge >= 0.3 is 12.3 Å². The first-order chi connectivity index (χ1) is 7.89. The van der Waals surface area contributed by atoms with Crippen molar-refractivity contribution in [1.82, 2.24) is 0 Å². The highest BCUT2D eigenvalue weighted by Gasteiger charge is 2.45. The molecule has 0 aliphatic carbocycles. The highest BCUT2D eigenvalue weighted by atomic mass is 19.3. The summed E-state index contributed by atoms with van der Waals surface area (Å²) in [6, 6.07) is 4.05. The number of alkyl halides is 2. The highest BCUT2D eigenvalue weighted by Crippen LogP contribution is 2.43. The van der Waals surface area contributed by atoms with Crippen molar-refractivity contribution in [3.05, 3.63) is 23.8 Å². The zero-order valence-corrected chi connectivity index (χ0v) is 9.20. The monoisotopic (exact) mass is 244 g/mol. The Morgan fingerprint density at radius 3 is 2.71 bits per heavy atom. The van der Waals surface area contributed by atoms with Gasteiger partial charge in [0.2, 0.25) is 0 Å². The number of esters is 1. The number of ether oxygens (including phenoxy) is 3. The maximum Gasteiger partial charge on any atom is 0.586 e. The summed E-state index contributed by atoms with van der Waals surface area (Å²) >= 11 is 0. The number of carbonyl (C=O) groups excluding carboxylic acids is 1. The molecule has 0 spiro atoms. The molecule has 1 heterocycles. The van der Waals surface area contributed by atoms with Crippen LogP contribution in [0.5, 0.6) is 11.5 Å². The highest BCUT2D eigenvalue weighted by molar-refractivity contribution is 5.93. The van der Waals surface area contributed by atoms with Gasteiger partial charge in [0.05, 0.1) is 6.10 Å². The van der Waals surface area contributed by atoms with E-state index in [1.165, 1.54) is 18.2 Å². The van der Waals surface area contributed by atoms with Gasteiger partial charge in [0.15, 0.2) is 11.5 Å². The second-order valence-electron chi connectivity index (χ2n) is 3.75. The van der Waals surface area contributed by atoms with E-state index < -0.39 is 12.3 Å². The van der Waals surface area contributed by atoms with Crippen molar-refractivity contribution in [2.75, 3.05) is 0 Å². The molecule has 0 aromatic heterocycles. The molecule has 1 aliphatic heterocycles. The molecule has 2 rings (SSSR count). The standard InChI is InChI=1S/C11H10F2O4/c1-6(2)15-10(14)7-4-3-5-8-9(7)17-11(12,13)16-8/h3-6H,1-2H3. The topological polar surface area (TPSA) is 44.8 Å². The molecule has 17 heavy (non-hydrogen) atoms. The molecule has 0 N–H and O–H groups in total. The van der Waals surface area contributed by atoms with Gasteiger partial charge in [-0.1, -0.05) is 6.07 Å². The fourth-order valence-electron chi connectivity index (χ4n) is 1.41. The van der Waals surface area contributed by atoms with Crippen LogP contribution in [0.1, 0.15) is 24.2 Å². The van der Waals surface area contributed by atoms with E-state index in [0.29, 0.717) is 0 Å². The van der Waals surface area contributed by atoms with Gasteiger partial charge in [-0.3, -0.25) is 0 Å². The van der Waals surface area contributed by atoms with Crippen LogP contribution in [-0.2, 0) is 4.74 Å². The molecule has 0 radical (unpaired) electrons. The summed E-state index contributed by atoms with van der Waals surface area (Å²) in [5.41, 5.74) is -0.0756. The molecular formula is C11H10F2O4. The summed E-state index contributed by atoms with van der Waals surface area (Å²) < 4.78 is 39.1. The van der Waals surface area contributed by atoms with Crippen LogP contribution in [0.15, 0.2) is 18.2 Å². The zero-order valence-electron chi connectivity index (χ0n) is 9.20.